The zero-order valence-electron chi connectivity index (χ0n) is 82.0. The minimum atomic E-state index is -0.258. The lowest BCUT2D eigenvalue weighted by atomic mass is 10.0. The molecule has 6 aromatic carbocycles. The Bertz CT molecular complexity index is 5700. The van der Waals surface area contributed by atoms with Gasteiger partial charge in [-0.25, -0.2) is 24.1 Å². The number of nitrogens with zero attached hydrogens (tertiary/aromatic N) is 21. The molecule has 31 nitrogen and oxygen atoms in total. The molecule has 1 N–H and O–H groups in total. The van der Waals surface area contributed by atoms with E-state index in [9.17, 15) is 19.5 Å². The van der Waals surface area contributed by atoms with Crippen molar-refractivity contribution in [2.24, 2.45) is 0 Å². The third-order valence-electron chi connectivity index (χ3n) is 28.7. The third-order valence-corrected chi connectivity index (χ3v) is 29.0. The molecule has 3 aromatic heterocycles. The zero-order chi connectivity index (χ0) is 96.5. The van der Waals surface area contributed by atoms with Crippen molar-refractivity contribution in [3.63, 3.8) is 0 Å². The molecule has 21 rings (SSSR count). The molecule has 6 saturated heterocycles. The van der Waals surface area contributed by atoms with Gasteiger partial charge in [0.25, 0.3) is 0 Å². The van der Waals surface area contributed by atoms with E-state index in [4.69, 9.17) is 89.6 Å². The molecule has 144 heavy (non-hydrogen) atoms. The maximum Gasteiger partial charge on any atom is 0.318 e. The Morgan fingerprint density at radius 1 is 0.396 bits per heavy atom. The van der Waals surface area contributed by atoms with Crippen LogP contribution in [0.4, 0.5) is 38.9 Å². The summed E-state index contributed by atoms with van der Waals surface area (Å²) in [5, 5.41) is 17.0. The van der Waals surface area contributed by atoms with Crippen LogP contribution >= 0.6 is 52.1 Å². The van der Waals surface area contributed by atoms with E-state index in [1.54, 1.807) is 30.4 Å². The van der Waals surface area contributed by atoms with Crippen LogP contribution in [0.25, 0.3) is 46.9 Å². The van der Waals surface area contributed by atoms with Crippen LogP contribution in [0, 0.1) is 25.5 Å². The van der Waals surface area contributed by atoms with E-state index < -0.39 is 0 Å². The summed E-state index contributed by atoms with van der Waals surface area (Å²) in [7, 11) is 0. The van der Waals surface area contributed by atoms with E-state index >= 15 is 4.39 Å². The van der Waals surface area contributed by atoms with Gasteiger partial charge in [-0.1, -0.05) is 103 Å². The maximum atomic E-state index is 15.1. The molecule has 9 aliphatic heterocycles. The first-order valence-electron chi connectivity index (χ1n) is 50.8. The largest absolute Gasteiger partial charge is 0.508 e. The molecule has 0 bridgehead atoms. The van der Waals surface area contributed by atoms with Crippen LogP contribution in [0.3, 0.4) is 0 Å². The van der Waals surface area contributed by atoms with Gasteiger partial charge in [-0.15, -0.1) is 0 Å². The van der Waals surface area contributed by atoms with E-state index in [0.29, 0.717) is 173 Å². The van der Waals surface area contributed by atoms with Gasteiger partial charge in [0.05, 0.1) is 79.9 Å². The molecule has 0 unspecified atom stereocenters. The summed E-state index contributed by atoms with van der Waals surface area (Å²) >= 11 is 6.72. The molecule has 36 heteroatoms. The van der Waals surface area contributed by atoms with E-state index in [0.717, 1.165) is 217 Å². The first-order valence-corrected chi connectivity index (χ1v) is 51.1. The zero-order valence-corrected chi connectivity index (χ0v) is 85.8. The van der Waals surface area contributed by atoms with Crippen LogP contribution in [0.2, 0.25) is 5.02 Å². The Balaban J connectivity index is 0.000000153. The number of phenolic OH excluding ortho intramolecular Hbond substituents is 1. The van der Waals surface area contributed by atoms with Crippen LogP contribution in [-0.2, 0) is 67.5 Å². The van der Waals surface area contributed by atoms with Gasteiger partial charge in [-0.3, -0.25) is 29.1 Å². The van der Waals surface area contributed by atoms with Gasteiger partial charge in [0.15, 0.2) is 0 Å². The highest BCUT2D eigenvalue weighted by Gasteiger charge is 2.41. The Morgan fingerprint density at radius 2 is 0.743 bits per heavy atom. The van der Waals surface area contributed by atoms with Crippen LogP contribution in [0.1, 0.15) is 111 Å². The normalized spacial score (nSPS) is 19.7. The fraction of sp³-hybridized carbons (Fsp3) is 0.500. The number of piperazine rings is 3. The lowest BCUT2D eigenvalue weighted by Gasteiger charge is -2.41. The van der Waals surface area contributed by atoms with E-state index in [1.165, 1.54) is 44.6 Å². The summed E-state index contributed by atoms with van der Waals surface area (Å²) in [4.78, 5) is 107. The summed E-state index contributed by atoms with van der Waals surface area (Å²) < 4.78 is 50.7. The Hall–Kier alpha value is -11.5. The number of likely N-dealkylation sites (tertiary alicyclic amines) is 3. The number of aromatic hydroxyl groups is 1. The fourth-order valence-corrected chi connectivity index (χ4v) is 21.3. The van der Waals surface area contributed by atoms with Gasteiger partial charge in [-0.05, 0) is 182 Å². The number of hydrogen-bond acceptors (Lipinski definition) is 25. The molecule has 3 saturated carbocycles. The molecule has 3 atom stereocenters. The number of aromatic nitrogens is 6. The number of hydrogen-bond donors (Lipinski definition) is 1. The molecule has 9 aromatic rings. The summed E-state index contributed by atoms with van der Waals surface area (Å²) in [5.74, 6) is 2.36. The summed E-state index contributed by atoms with van der Waals surface area (Å²) in [6.07, 6.45) is 28.1. The van der Waals surface area contributed by atoms with Crippen molar-refractivity contribution in [2.45, 2.75) is 152 Å². The van der Waals surface area contributed by atoms with Crippen molar-refractivity contribution in [1.82, 2.24) is 59.3 Å². The van der Waals surface area contributed by atoms with Crippen molar-refractivity contribution in [3.05, 3.63) is 225 Å². The lowest BCUT2D eigenvalue weighted by molar-refractivity contribution is -0.129. The van der Waals surface area contributed by atoms with Crippen molar-refractivity contribution in [1.29, 1.82) is 0 Å². The Morgan fingerprint density at radius 3 is 1.12 bits per heavy atom. The molecule has 9 fully saturated rings. The second kappa shape index (κ2) is 50.5. The van der Waals surface area contributed by atoms with Gasteiger partial charge in [0, 0.05) is 172 Å². The molecule has 12 heterocycles. The first kappa shape index (κ1) is 105. The highest BCUT2D eigenvalue weighted by atomic mass is 35.5. The summed E-state index contributed by atoms with van der Waals surface area (Å²) in [6.45, 7) is 43.8. The smallest absolute Gasteiger partial charge is 0.318 e. The quantitative estimate of drug-likeness (QED) is 0.0228. The number of phenols is 1. The van der Waals surface area contributed by atoms with Crippen molar-refractivity contribution < 1.29 is 52.3 Å². The Kier molecular flexibility index (Phi) is 36.9. The second-order valence-corrected chi connectivity index (χ2v) is 39.0. The molecule has 0 spiro atoms. The number of anilines is 6. The molecular formula is C108H133ClFN21O10S3. The lowest BCUT2D eigenvalue weighted by Crippen LogP contribution is -2.56. The van der Waals surface area contributed by atoms with Gasteiger partial charge in [0.2, 0.25) is 37.4 Å². The van der Waals surface area contributed by atoms with Crippen LogP contribution in [0.15, 0.2) is 146 Å². The van der Waals surface area contributed by atoms with E-state index in [-0.39, 0.29) is 114 Å². The second-order valence-electron chi connectivity index (χ2n) is 38.6. The van der Waals surface area contributed by atoms with Gasteiger partial charge in [-0.2, -0.15) is 70.4 Å². The van der Waals surface area contributed by atoms with Crippen molar-refractivity contribution in [2.75, 3.05) is 226 Å². The molecule has 3 aliphatic carbocycles. The number of benzene rings is 6. The van der Waals surface area contributed by atoms with Crippen LogP contribution in [0.5, 0.6) is 23.8 Å². The standard InChI is InChI=1S/C36H42ClN7O3.C36H42FN7O3.C36H43N7O4.3H2S/c2*1-38-23-27-24-43(19-20-44(27)33(45)11-6-17-41-15-2-3-16-41)35-29-14-18-42(32-10-5-8-26-7-4-9-30(37)34(26)32)25-31(29)39-36(40-35)47-22-21-46-28-12-13-28;1-37-23-27-24-42(17-18-43(27)34(45)9-6-15-40-13-4-5-14-40)35-31-12-16-41(33-22-28(44)21-26-7-2-3-8-30(26)33)25-32(31)38-36(39-35)47-20-19-46-29-10-11-29;;;/h2*4-11,27-28H,2-3,12-25H2;2-3,6-9,21-22,27,29,44H,4-5,10-20,23-25H2;3*1H2/b2*11-6+;9-6+;;;/t3*27-;;;/m000.../s1. The summed E-state index contributed by atoms with van der Waals surface area (Å²) in [5.41, 5.74) is 8.75. The maximum absolute atomic E-state index is 15.1. The third kappa shape index (κ3) is 26.5. The Labute approximate surface area is 869 Å². The minimum absolute atomic E-state index is 0. The number of rotatable bonds is 33. The fourth-order valence-electron chi connectivity index (χ4n) is 21.0. The highest BCUT2D eigenvalue weighted by molar-refractivity contribution is 7.59. The molecule has 0 radical (unpaired) electrons. The van der Waals surface area contributed by atoms with Crippen LogP contribution in [-0.4, -0.2) is 315 Å². The van der Waals surface area contributed by atoms with Crippen molar-refractivity contribution in [3.8, 4) is 23.8 Å². The van der Waals surface area contributed by atoms with Crippen LogP contribution < -0.4 is 43.6 Å². The van der Waals surface area contributed by atoms with E-state index in [2.05, 4.69) is 89.0 Å². The predicted octanol–water partition coefficient (Wildman–Crippen LogP) is 13.9. The van der Waals surface area contributed by atoms with Gasteiger partial charge < -0.3 is 92.2 Å². The number of carbonyl (C=O) groups excluding carboxylic acids is 3. The SMILES string of the molecule is S.S.S.[C-]#[N+]C[C@H]1CN(c2nc(OCCOC3CC3)nc3c2CCN(c2cc(O)cc4ccccc24)C3)CCN1C(=O)/C=C/CN1CCCC1.[C-]#[N+]C[C@H]1CN(c2nc(OCCOC3CC3)nc3c2CCN(c2cccc4cccc(Cl)c24)C3)CCN1C(=O)/C=C/CN1CCCC1.[C-]#[N+]C[C@H]1CN(c2nc(OCCOC3CC3)nc3c2CCN(c2cccc4cccc(F)c24)C3)CCN1C(=O)/C=C/CN1CCCC1. The number of ether oxygens (including phenoxy) is 6. The molecule has 762 valence electrons. The number of carbonyl (C=O) groups is 3. The van der Waals surface area contributed by atoms with Gasteiger partial charge >= 0.3 is 18.0 Å². The average Bonchev–Trinajstić information content (AvgIpc) is 1.74. The predicted molar refractivity (Wildman–Crippen MR) is 575 cm³/mol. The highest BCUT2D eigenvalue weighted by Crippen LogP contribution is 2.43. The number of amides is 3. The topological polar surface area (TPSA) is 256 Å². The monoisotopic (exact) mass is 2030 g/mol. The number of halogens is 2. The van der Waals surface area contributed by atoms with E-state index in [1.807, 2.05) is 93.6 Å². The van der Waals surface area contributed by atoms with Crippen molar-refractivity contribution >= 4 is 137 Å². The van der Waals surface area contributed by atoms with Gasteiger partial charge in [0.1, 0.15) is 67.0 Å². The molecular weight excluding hydrogens is 1900 g/mol. The number of fused-ring (bicyclic) bond motifs is 6. The molecule has 3 amide bonds. The average molecular weight is 2040 g/mol. The summed E-state index contributed by atoms with van der Waals surface area (Å²) in [6, 6.07) is 35.2. The molecule has 12 aliphatic rings. The minimum Gasteiger partial charge on any atom is -0.508 e. The first-order chi connectivity index (χ1) is 69.2.